The molecule has 1 atom stereocenters. The van der Waals surface area contributed by atoms with Crippen LogP contribution in [0.4, 0.5) is 0 Å². The highest BCUT2D eigenvalue weighted by molar-refractivity contribution is 6.05. The van der Waals surface area contributed by atoms with Crippen LogP contribution in [-0.2, 0) is 6.42 Å². The molecule has 1 N–H and O–H groups in total. The van der Waals surface area contributed by atoms with Crippen LogP contribution in [0.5, 0.6) is 0 Å². The second kappa shape index (κ2) is 8.89. The van der Waals surface area contributed by atoms with Crippen LogP contribution < -0.4 is 0 Å². The number of carboxylic acid groups (broad SMARTS) is 1. The van der Waals surface area contributed by atoms with Gasteiger partial charge in [0.05, 0.1) is 5.56 Å². The van der Waals surface area contributed by atoms with Crippen LogP contribution in [0.25, 0.3) is 10.8 Å². The Morgan fingerprint density at radius 3 is 2.68 bits per heavy atom. The molecule has 0 spiro atoms. The molecule has 1 unspecified atom stereocenters. The molecule has 3 nitrogen and oxygen atoms in total. The molecule has 0 aliphatic carbocycles. The molecule has 1 aliphatic heterocycles. The first-order chi connectivity index (χ1) is 15.0. The smallest absolute Gasteiger partial charge is 0.336 e. The average Bonchev–Trinajstić information content (AvgIpc) is 3.03. The Bertz CT molecular complexity index is 1200. The van der Waals surface area contributed by atoms with Gasteiger partial charge in [-0.15, -0.1) is 0 Å². The van der Waals surface area contributed by atoms with E-state index >= 15 is 0 Å². The van der Waals surface area contributed by atoms with Crippen LogP contribution in [0, 0.1) is 20.8 Å². The minimum atomic E-state index is -0.873. The van der Waals surface area contributed by atoms with E-state index in [9.17, 15) is 9.90 Å². The number of allylic oxidation sites excluding steroid dienone is 2. The van der Waals surface area contributed by atoms with E-state index in [4.69, 9.17) is 4.99 Å². The van der Waals surface area contributed by atoms with Gasteiger partial charge in [-0.05, 0) is 85.0 Å². The van der Waals surface area contributed by atoms with Crippen LogP contribution in [0.2, 0.25) is 0 Å². The van der Waals surface area contributed by atoms with Gasteiger partial charge in [0.1, 0.15) is 0 Å². The summed E-state index contributed by atoms with van der Waals surface area (Å²) < 4.78 is 0. The summed E-state index contributed by atoms with van der Waals surface area (Å²) in [6, 6.07) is 16.6. The number of hydrogen-bond acceptors (Lipinski definition) is 2. The highest BCUT2D eigenvalue weighted by atomic mass is 16.4. The number of aromatic carboxylic acids is 1. The molecule has 0 saturated heterocycles. The second-order valence-corrected chi connectivity index (χ2v) is 8.54. The van der Waals surface area contributed by atoms with E-state index in [1.54, 1.807) is 0 Å². The van der Waals surface area contributed by atoms with Crippen molar-refractivity contribution in [2.45, 2.75) is 52.4 Å². The van der Waals surface area contributed by atoms with Gasteiger partial charge in [-0.2, -0.15) is 0 Å². The summed E-state index contributed by atoms with van der Waals surface area (Å²) >= 11 is 0. The predicted molar refractivity (Wildman–Crippen MR) is 128 cm³/mol. The molecule has 0 saturated carbocycles. The fourth-order valence-electron chi connectivity index (χ4n) is 4.57. The fraction of sp³-hybridized carbons (Fsp3) is 0.286. The summed E-state index contributed by atoms with van der Waals surface area (Å²) in [7, 11) is 0. The Kier molecular flexibility index (Phi) is 6.03. The summed E-state index contributed by atoms with van der Waals surface area (Å²) in [5.74, 6) is -0.696. The molecule has 0 bridgehead atoms. The molecule has 0 radical (unpaired) electrons. The average molecular weight is 412 g/mol. The highest BCUT2D eigenvalue weighted by Gasteiger charge is 2.21. The molecule has 158 valence electrons. The van der Waals surface area contributed by atoms with E-state index in [2.05, 4.69) is 56.5 Å². The molecule has 31 heavy (non-hydrogen) atoms. The van der Waals surface area contributed by atoms with Crippen LogP contribution in [0.15, 0.2) is 65.3 Å². The minimum Gasteiger partial charge on any atom is -0.478 e. The van der Waals surface area contributed by atoms with Gasteiger partial charge in [-0.1, -0.05) is 54.6 Å². The molecular formula is C28H29NO2. The van der Waals surface area contributed by atoms with Crippen LogP contribution >= 0.6 is 0 Å². The Morgan fingerprint density at radius 2 is 1.87 bits per heavy atom. The number of nitrogens with zero attached hydrogens (tertiary/aromatic N) is 1. The maximum absolute atomic E-state index is 11.8. The quantitative estimate of drug-likeness (QED) is 0.495. The Balaban J connectivity index is 1.79. The summed E-state index contributed by atoms with van der Waals surface area (Å²) in [5.41, 5.74) is 7.45. The Morgan fingerprint density at radius 1 is 1.03 bits per heavy atom. The zero-order valence-electron chi connectivity index (χ0n) is 18.5. The van der Waals surface area contributed by atoms with Crippen LogP contribution in [0.1, 0.15) is 63.4 Å². The van der Waals surface area contributed by atoms with Crippen molar-refractivity contribution in [3.05, 3.63) is 93.7 Å². The topological polar surface area (TPSA) is 49.7 Å². The molecule has 1 aliphatic rings. The van der Waals surface area contributed by atoms with E-state index in [0.29, 0.717) is 5.56 Å². The van der Waals surface area contributed by atoms with E-state index in [1.807, 2.05) is 25.1 Å². The first kappa shape index (κ1) is 21.0. The summed E-state index contributed by atoms with van der Waals surface area (Å²) in [4.78, 5) is 16.6. The predicted octanol–water partition coefficient (Wildman–Crippen LogP) is 6.93. The lowest BCUT2D eigenvalue weighted by molar-refractivity contribution is 0.0698. The van der Waals surface area contributed by atoms with E-state index in [1.165, 1.54) is 22.3 Å². The Labute approximate surface area is 184 Å². The van der Waals surface area contributed by atoms with Gasteiger partial charge in [0.15, 0.2) is 0 Å². The van der Waals surface area contributed by atoms with Crippen molar-refractivity contribution in [1.82, 2.24) is 0 Å². The number of fused-ring (bicyclic) bond motifs is 1. The van der Waals surface area contributed by atoms with Crippen molar-refractivity contribution < 1.29 is 9.90 Å². The lowest BCUT2D eigenvalue weighted by Crippen LogP contribution is -2.09. The zero-order valence-corrected chi connectivity index (χ0v) is 18.5. The normalized spacial score (nSPS) is 14.9. The number of benzene rings is 3. The van der Waals surface area contributed by atoms with Gasteiger partial charge in [0, 0.05) is 17.8 Å². The number of hydrogen-bond donors (Lipinski definition) is 1. The van der Waals surface area contributed by atoms with Crippen molar-refractivity contribution in [1.29, 1.82) is 0 Å². The molecule has 0 aromatic heterocycles. The Hall–Kier alpha value is -3.20. The van der Waals surface area contributed by atoms with Gasteiger partial charge in [-0.3, -0.25) is 4.99 Å². The summed E-state index contributed by atoms with van der Waals surface area (Å²) in [6.45, 7) is 6.21. The van der Waals surface area contributed by atoms with Crippen molar-refractivity contribution in [3.63, 3.8) is 0 Å². The van der Waals surface area contributed by atoms with Crippen LogP contribution in [-0.4, -0.2) is 17.3 Å². The maximum atomic E-state index is 11.8. The number of carboxylic acids is 1. The third-order valence-electron chi connectivity index (χ3n) is 6.46. The van der Waals surface area contributed by atoms with Crippen molar-refractivity contribution in [2.24, 2.45) is 4.99 Å². The lowest BCUT2D eigenvalue weighted by Gasteiger charge is -2.22. The molecule has 3 aromatic rings. The monoisotopic (exact) mass is 411 g/mol. The molecule has 0 amide bonds. The largest absolute Gasteiger partial charge is 0.478 e. The highest BCUT2D eigenvalue weighted by Crippen LogP contribution is 2.35. The van der Waals surface area contributed by atoms with E-state index in [-0.39, 0.29) is 5.92 Å². The maximum Gasteiger partial charge on any atom is 0.336 e. The summed E-state index contributed by atoms with van der Waals surface area (Å²) in [6.07, 6.45) is 8.39. The summed E-state index contributed by atoms with van der Waals surface area (Å²) in [5, 5.41) is 11.4. The van der Waals surface area contributed by atoms with Gasteiger partial charge in [0.2, 0.25) is 0 Å². The lowest BCUT2D eigenvalue weighted by atomic mass is 9.84. The van der Waals surface area contributed by atoms with Crippen LogP contribution in [0.3, 0.4) is 0 Å². The van der Waals surface area contributed by atoms with E-state index in [0.717, 1.165) is 47.7 Å². The van der Waals surface area contributed by atoms with Gasteiger partial charge in [0.25, 0.3) is 0 Å². The molecule has 1 heterocycles. The second-order valence-electron chi connectivity index (χ2n) is 8.54. The van der Waals surface area contributed by atoms with Crippen molar-refractivity contribution >= 4 is 23.0 Å². The van der Waals surface area contributed by atoms with Gasteiger partial charge >= 0.3 is 5.97 Å². The number of aliphatic imine (C=N–C) groups is 1. The zero-order chi connectivity index (χ0) is 22.0. The first-order valence-electron chi connectivity index (χ1n) is 11.0. The molecule has 0 fully saturated rings. The van der Waals surface area contributed by atoms with Gasteiger partial charge in [-0.25, -0.2) is 4.79 Å². The van der Waals surface area contributed by atoms with Crippen molar-refractivity contribution in [2.75, 3.05) is 0 Å². The SMILES string of the molecule is Cc1cccc(C(Cc2ccc3c(C(=O)O)c(C)ccc3c2)C2=CCCCC=N2)c1C. The molecule has 3 heteroatoms. The van der Waals surface area contributed by atoms with Crippen molar-refractivity contribution in [3.8, 4) is 0 Å². The molecule has 3 aromatic carbocycles. The fourth-order valence-corrected chi connectivity index (χ4v) is 4.57. The third kappa shape index (κ3) is 4.32. The number of aryl methyl sites for hydroxylation is 2. The van der Waals surface area contributed by atoms with Gasteiger partial charge < -0.3 is 5.11 Å². The van der Waals surface area contributed by atoms with E-state index < -0.39 is 5.97 Å². The standard InChI is InChI=1S/C28H29NO2/c1-18-8-7-9-23(20(18)3)25(26-10-5-4-6-15-29-26)17-21-12-14-24-22(16-21)13-11-19(2)27(24)28(30)31/h7-16,25H,4-6,17H2,1-3H3,(H,30,31). The molecule has 4 rings (SSSR count). The third-order valence-corrected chi connectivity index (χ3v) is 6.46. The minimum absolute atomic E-state index is 0.177. The number of rotatable bonds is 5. The first-order valence-corrected chi connectivity index (χ1v) is 11.0. The molecular weight excluding hydrogens is 382 g/mol. The number of carbonyl (C=O) groups is 1.